The fourth-order valence-corrected chi connectivity index (χ4v) is 4.66. The molecule has 34 heavy (non-hydrogen) atoms. The van der Waals surface area contributed by atoms with Crippen LogP contribution in [0.5, 0.6) is 17.2 Å². The lowest BCUT2D eigenvalue weighted by molar-refractivity contribution is -0.123. The molecule has 7 heteroatoms. The Kier molecular flexibility index (Phi) is 5.81. The summed E-state index contributed by atoms with van der Waals surface area (Å²) >= 11 is 0. The Bertz CT molecular complexity index is 1290. The Morgan fingerprint density at radius 2 is 1.76 bits per heavy atom. The molecule has 1 atom stereocenters. The zero-order valence-electron chi connectivity index (χ0n) is 19.6. The first-order valence-electron chi connectivity index (χ1n) is 11.2. The first-order chi connectivity index (χ1) is 16.1. The summed E-state index contributed by atoms with van der Waals surface area (Å²) in [6, 6.07) is 10.0. The van der Waals surface area contributed by atoms with E-state index < -0.39 is 28.5 Å². The van der Waals surface area contributed by atoms with Gasteiger partial charge in [-0.2, -0.15) is 0 Å². The molecule has 2 aromatic rings. The molecule has 0 aromatic heterocycles. The Hall–Kier alpha value is -3.87. The molecule has 2 aliphatic rings. The Balaban J connectivity index is 1.69. The largest absolute Gasteiger partial charge is 0.507 e. The molecule has 3 N–H and O–H groups in total. The fourth-order valence-electron chi connectivity index (χ4n) is 4.66. The molecule has 0 saturated carbocycles. The van der Waals surface area contributed by atoms with Crippen LogP contribution in [0, 0.1) is 6.92 Å². The van der Waals surface area contributed by atoms with Gasteiger partial charge in [0.05, 0.1) is 11.1 Å². The second-order valence-electron chi connectivity index (χ2n) is 8.90. The van der Waals surface area contributed by atoms with E-state index in [1.165, 1.54) is 25.5 Å². The van der Waals surface area contributed by atoms with E-state index in [1.54, 1.807) is 13.8 Å². The smallest absolute Gasteiger partial charge is 0.194 e. The van der Waals surface area contributed by atoms with Gasteiger partial charge in [0.25, 0.3) is 0 Å². The molecule has 0 bridgehead atoms. The van der Waals surface area contributed by atoms with Crippen molar-refractivity contribution in [1.82, 2.24) is 5.32 Å². The van der Waals surface area contributed by atoms with E-state index in [4.69, 9.17) is 4.74 Å². The van der Waals surface area contributed by atoms with Crippen LogP contribution in [0.3, 0.4) is 0 Å². The monoisotopic (exact) mass is 461 g/mol. The third kappa shape index (κ3) is 3.48. The second kappa shape index (κ2) is 8.48. The van der Waals surface area contributed by atoms with Crippen LogP contribution in [0.1, 0.15) is 54.2 Å². The van der Waals surface area contributed by atoms with Gasteiger partial charge >= 0.3 is 0 Å². The van der Waals surface area contributed by atoms with Crippen molar-refractivity contribution < 1.29 is 29.3 Å². The summed E-state index contributed by atoms with van der Waals surface area (Å²) in [4.78, 5) is 38.9. The normalized spacial score (nSPS) is 20.3. The van der Waals surface area contributed by atoms with Crippen molar-refractivity contribution in [1.29, 1.82) is 0 Å². The highest BCUT2D eigenvalue weighted by atomic mass is 16.5. The van der Waals surface area contributed by atoms with Gasteiger partial charge in [0.1, 0.15) is 34.0 Å². The topological polar surface area (TPSA) is 113 Å². The van der Waals surface area contributed by atoms with Crippen LogP contribution < -0.4 is 10.1 Å². The summed E-state index contributed by atoms with van der Waals surface area (Å²) in [7, 11) is 0. The van der Waals surface area contributed by atoms with Crippen molar-refractivity contribution in [2.24, 2.45) is 0 Å². The van der Waals surface area contributed by atoms with Crippen LogP contribution >= 0.6 is 0 Å². The summed E-state index contributed by atoms with van der Waals surface area (Å²) in [6.07, 6.45) is 2.88. The van der Waals surface area contributed by atoms with Gasteiger partial charge in [0, 0.05) is 23.9 Å². The molecule has 1 aliphatic heterocycles. The number of ketones is 3. The number of carbonyl (C=O) groups excluding carboxylic acids is 3. The van der Waals surface area contributed by atoms with Crippen molar-refractivity contribution >= 4 is 17.3 Å². The highest BCUT2D eigenvalue weighted by molar-refractivity contribution is 6.31. The summed E-state index contributed by atoms with van der Waals surface area (Å²) in [5, 5.41) is 24.5. The zero-order valence-corrected chi connectivity index (χ0v) is 19.6. The third-order valence-corrected chi connectivity index (χ3v) is 6.64. The summed E-state index contributed by atoms with van der Waals surface area (Å²) in [6.45, 7) is 6.52. The van der Waals surface area contributed by atoms with Gasteiger partial charge in [-0.15, -0.1) is 0 Å². The number of hydrogen-bond donors (Lipinski definition) is 3. The second-order valence-corrected chi connectivity index (χ2v) is 8.90. The lowest BCUT2D eigenvalue weighted by Gasteiger charge is -2.29. The average molecular weight is 462 g/mol. The molecule has 0 radical (unpaired) electrons. The number of ether oxygens (including phenoxy) is 1. The quantitative estimate of drug-likeness (QED) is 0.260. The number of hydrogen-bond acceptors (Lipinski definition) is 7. The van der Waals surface area contributed by atoms with E-state index in [2.05, 4.69) is 5.32 Å². The van der Waals surface area contributed by atoms with Crippen LogP contribution in [0.15, 0.2) is 53.4 Å². The minimum atomic E-state index is -1.50. The lowest BCUT2D eigenvalue weighted by Crippen LogP contribution is -2.41. The molecule has 0 amide bonds. The summed E-state index contributed by atoms with van der Waals surface area (Å²) in [5.74, 6) is -2.32. The van der Waals surface area contributed by atoms with Crippen molar-refractivity contribution in [3.05, 3.63) is 75.7 Å². The Morgan fingerprint density at radius 3 is 2.41 bits per heavy atom. The van der Waals surface area contributed by atoms with Crippen LogP contribution in [0.4, 0.5) is 0 Å². The molecule has 1 heterocycles. The van der Waals surface area contributed by atoms with E-state index in [1.807, 2.05) is 30.3 Å². The molecule has 0 spiro atoms. The number of phenols is 2. The minimum Gasteiger partial charge on any atom is -0.507 e. The molecular formula is C27H27NO6. The first-order valence-corrected chi connectivity index (χ1v) is 11.2. The molecule has 7 nitrogen and oxygen atoms in total. The molecular weight excluding hydrogens is 434 g/mol. The van der Waals surface area contributed by atoms with Crippen molar-refractivity contribution in [2.45, 2.75) is 46.0 Å². The molecule has 1 aliphatic carbocycles. The van der Waals surface area contributed by atoms with Crippen LogP contribution in [0.2, 0.25) is 0 Å². The van der Waals surface area contributed by atoms with Gasteiger partial charge in [-0.05, 0) is 46.1 Å². The number of aryl methyl sites for hydroxylation is 1. The third-order valence-electron chi connectivity index (χ3n) is 6.64. The Morgan fingerprint density at radius 1 is 1.09 bits per heavy atom. The van der Waals surface area contributed by atoms with Gasteiger partial charge in [-0.25, -0.2) is 0 Å². The van der Waals surface area contributed by atoms with E-state index in [9.17, 15) is 24.6 Å². The highest BCUT2D eigenvalue weighted by Crippen LogP contribution is 2.57. The standard InChI is InChI=1S/C27H27NO6/c1-14-23(31)21(16(3)29)25-22(24(14)32)27(4)19(34-25)13-18(30)20(26(27)33)15(2)28-12-8-11-17-9-6-5-7-10-17/h5-7,9-10,13,28,31-32H,8,11-12H2,1-4H3. The lowest BCUT2D eigenvalue weighted by atomic mass is 9.70. The molecule has 2 aromatic carbocycles. The van der Waals surface area contributed by atoms with E-state index in [0.29, 0.717) is 12.2 Å². The maximum absolute atomic E-state index is 13.7. The number of fused-ring (bicyclic) bond motifs is 3. The number of rotatable bonds is 6. The van der Waals surface area contributed by atoms with E-state index in [0.717, 1.165) is 12.8 Å². The average Bonchev–Trinajstić information content (AvgIpc) is 3.09. The predicted molar refractivity (Wildman–Crippen MR) is 126 cm³/mol. The van der Waals surface area contributed by atoms with Crippen molar-refractivity contribution in [2.75, 3.05) is 6.54 Å². The van der Waals surface area contributed by atoms with Gasteiger partial charge < -0.3 is 20.3 Å². The number of Topliss-reactive ketones (excluding diaryl/α,β-unsaturated/α-hetero) is 2. The number of allylic oxidation sites excluding steroid dienone is 4. The van der Waals surface area contributed by atoms with Crippen LogP contribution in [-0.4, -0.2) is 34.1 Å². The summed E-state index contributed by atoms with van der Waals surface area (Å²) < 4.78 is 5.78. The van der Waals surface area contributed by atoms with Gasteiger partial charge in [-0.1, -0.05) is 30.3 Å². The first kappa shape index (κ1) is 23.3. The highest BCUT2D eigenvalue weighted by Gasteiger charge is 2.56. The maximum Gasteiger partial charge on any atom is 0.194 e. The van der Waals surface area contributed by atoms with E-state index in [-0.39, 0.29) is 39.5 Å². The summed E-state index contributed by atoms with van der Waals surface area (Å²) in [5.41, 5.74) is 0.162. The number of aromatic hydroxyl groups is 2. The van der Waals surface area contributed by atoms with Gasteiger partial charge in [0.15, 0.2) is 17.3 Å². The van der Waals surface area contributed by atoms with Crippen molar-refractivity contribution in [3.63, 3.8) is 0 Å². The number of benzene rings is 2. The van der Waals surface area contributed by atoms with Gasteiger partial charge in [-0.3, -0.25) is 14.4 Å². The fraction of sp³-hybridized carbons (Fsp3) is 0.296. The Labute approximate surface area is 197 Å². The zero-order chi connectivity index (χ0) is 24.8. The van der Waals surface area contributed by atoms with Gasteiger partial charge in [0.2, 0.25) is 0 Å². The minimum absolute atomic E-state index is 0.0167. The molecule has 0 saturated heterocycles. The molecule has 176 valence electrons. The van der Waals surface area contributed by atoms with Crippen molar-refractivity contribution in [3.8, 4) is 17.2 Å². The maximum atomic E-state index is 13.7. The number of phenolic OH excluding ortho intramolecular Hbond substituents is 2. The molecule has 1 unspecified atom stereocenters. The van der Waals surface area contributed by atoms with Crippen LogP contribution in [-0.2, 0) is 21.4 Å². The number of nitrogens with one attached hydrogen (secondary N) is 1. The van der Waals surface area contributed by atoms with Crippen LogP contribution in [0.25, 0.3) is 0 Å². The predicted octanol–water partition coefficient (Wildman–Crippen LogP) is 3.79. The SMILES string of the molecule is CC(=O)c1c(O)c(C)c(O)c2c1OC1=CC(=O)C(=C(C)NCCCc3ccccc3)C(=O)C12C. The van der Waals surface area contributed by atoms with E-state index >= 15 is 0 Å². The molecule has 0 fully saturated rings. The molecule has 4 rings (SSSR count). The number of carbonyl (C=O) groups is 3.